The van der Waals surface area contributed by atoms with Crippen LogP contribution in [0, 0.1) is 0 Å². The minimum atomic E-state index is -3.93. The third-order valence-corrected chi connectivity index (χ3v) is 4.43. The summed E-state index contributed by atoms with van der Waals surface area (Å²) in [5.41, 5.74) is 2.55. The van der Waals surface area contributed by atoms with Gasteiger partial charge in [-0.3, -0.25) is 4.52 Å². The van der Waals surface area contributed by atoms with E-state index in [4.69, 9.17) is 9.15 Å². The van der Waals surface area contributed by atoms with E-state index in [9.17, 15) is 9.46 Å². The molecule has 0 bridgehead atoms. The lowest BCUT2D eigenvalue weighted by Gasteiger charge is -2.12. The Morgan fingerprint density at radius 2 is 1.32 bits per heavy atom. The Balaban J connectivity index is 3.36. The van der Waals surface area contributed by atoms with Crippen molar-refractivity contribution >= 4 is 7.82 Å². The fourth-order valence-electron chi connectivity index (χ4n) is 2.19. The molecule has 0 aliphatic rings. The molecule has 0 saturated heterocycles. The normalized spacial score (nSPS) is 14.1. The van der Waals surface area contributed by atoms with Crippen LogP contribution in [0.1, 0.15) is 90.9 Å². The third-order valence-electron chi connectivity index (χ3n) is 3.56. The van der Waals surface area contributed by atoms with Crippen molar-refractivity contribution in [1.29, 1.82) is 0 Å². The molecule has 0 fully saturated rings. The van der Waals surface area contributed by atoms with Crippen molar-refractivity contribution in [2.75, 3.05) is 13.2 Å². The van der Waals surface area contributed by atoms with Gasteiger partial charge < -0.3 is 4.89 Å². The second-order valence-corrected chi connectivity index (χ2v) is 7.20. The van der Waals surface area contributed by atoms with Gasteiger partial charge in [-0.2, -0.15) is 10.1 Å². The Hall–Kier alpha value is 0.0700. The number of nitrogens with one attached hydrogen (secondary N) is 1. The van der Waals surface area contributed by atoms with Crippen LogP contribution in [0.15, 0.2) is 0 Å². The second kappa shape index (κ2) is 15.9. The highest BCUT2D eigenvalue weighted by atomic mass is 31.2. The van der Waals surface area contributed by atoms with Gasteiger partial charge in [-0.25, -0.2) is 4.57 Å². The molecule has 134 valence electrons. The second-order valence-electron chi connectivity index (χ2n) is 5.82. The minimum Gasteiger partial charge on any atom is -0.301 e. The van der Waals surface area contributed by atoms with Crippen LogP contribution in [-0.4, -0.2) is 18.0 Å². The lowest BCUT2D eigenvalue weighted by molar-refractivity contribution is 0.0947. The summed E-state index contributed by atoms with van der Waals surface area (Å²) in [4.78, 5) is 9.48. The maximum atomic E-state index is 11.6. The van der Waals surface area contributed by atoms with E-state index >= 15 is 0 Å². The molecule has 0 amide bonds. The zero-order chi connectivity index (χ0) is 16.5. The predicted octanol–water partition coefficient (Wildman–Crippen LogP) is 5.35. The first-order valence-electron chi connectivity index (χ1n) is 9.01. The first kappa shape index (κ1) is 22.1. The number of unbranched alkanes of at least 4 members (excludes halogenated alkanes) is 10. The molecule has 5 nitrogen and oxygen atoms in total. The Morgan fingerprint density at radius 1 is 0.818 bits per heavy atom. The Kier molecular flexibility index (Phi) is 16.0. The molecule has 0 radical (unpaired) electrons. The lowest BCUT2D eigenvalue weighted by atomic mass is 10.1. The number of hydrogen-bond donors (Lipinski definition) is 2. The first-order chi connectivity index (χ1) is 10.6. The smallest absolute Gasteiger partial charge is 0.301 e. The average Bonchev–Trinajstić information content (AvgIpc) is 2.49. The Morgan fingerprint density at radius 3 is 1.91 bits per heavy atom. The van der Waals surface area contributed by atoms with Crippen LogP contribution >= 0.6 is 7.82 Å². The molecule has 0 aliphatic heterocycles. The molecule has 2 N–H and O–H groups in total. The standard InChI is InChI=1S/C16H36NO4P/c1-3-5-7-9-11-13-15-17-21-22(18,19)20-16-14-12-10-8-6-4-2/h17H,3-16H2,1-2H3,(H,18,19). The summed E-state index contributed by atoms with van der Waals surface area (Å²) in [6.07, 6.45) is 13.7. The molecule has 1 atom stereocenters. The molecule has 0 rings (SSSR count). The van der Waals surface area contributed by atoms with E-state index in [0.29, 0.717) is 6.54 Å². The van der Waals surface area contributed by atoms with Crippen molar-refractivity contribution in [2.45, 2.75) is 90.9 Å². The van der Waals surface area contributed by atoms with Crippen LogP contribution in [0.4, 0.5) is 0 Å². The van der Waals surface area contributed by atoms with E-state index in [0.717, 1.165) is 32.1 Å². The van der Waals surface area contributed by atoms with Crippen LogP contribution in [-0.2, 0) is 13.7 Å². The quantitative estimate of drug-likeness (QED) is 0.213. The van der Waals surface area contributed by atoms with Crippen LogP contribution in [0.3, 0.4) is 0 Å². The van der Waals surface area contributed by atoms with Crippen LogP contribution in [0.5, 0.6) is 0 Å². The van der Waals surface area contributed by atoms with Crippen molar-refractivity contribution in [3.8, 4) is 0 Å². The number of hydrogen-bond acceptors (Lipinski definition) is 4. The highest BCUT2D eigenvalue weighted by Crippen LogP contribution is 2.41. The van der Waals surface area contributed by atoms with Crippen molar-refractivity contribution in [3.05, 3.63) is 0 Å². The summed E-state index contributed by atoms with van der Waals surface area (Å²) in [7, 11) is -3.93. The Labute approximate surface area is 136 Å². The van der Waals surface area contributed by atoms with Gasteiger partial charge >= 0.3 is 7.82 Å². The largest absolute Gasteiger partial charge is 0.488 e. The fourth-order valence-corrected chi connectivity index (χ4v) is 2.86. The number of rotatable bonds is 17. The summed E-state index contributed by atoms with van der Waals surface area (Å²) in [5, 5.41) is 0. The first-order valence-corrected chi connectivity index (χ1v) is 10.5. The number of phosphoric acid groups is 1. The molecule has 0 spiro atoms. The zero-order valence-electron chi connectivity index (χ0n) is 14.5. The summed E-state index contributed by atoms with van der Waals surface area (Å²) < 4.78 is 21.2. The van der Waals surface area contributed by atoms with E-state index in [1.807, 2.05) is 0 Å². The maximum Gasteiger partial charge on any atom is 0.488 e. The van der Waals surface area contributed by atoms with Gasteiger partial charge in [-0.05, 0) is 12.8 Å². The highest BCUT2D eigenvalue weighted by Gasteiger charge is 2.20. The van der Waals surface area contributed by atoms with Gasteiger partial charge in [0.05, 0.1) is 6.61 Å². The molecule has 1 unspecified atom stereocenters. The van der Waals surface area contributed by atoms with Gasteiger partial charge in [-0.15, -0.1) is 0 Å². The molecule has 0 heterocycles. The van der Waals surface area contributed by atoms with Crippen molar-refractivity contribution < 1.29 is 18.6 Å². The van der Waals surface area contributed by atoms with Gasteiger partial charge in [0.1, 0.15) is 0 Å². The summed E-state index contributed by atoms with van der Waals surface area (Å²) in [6, 6.07) is 0. The summed E-state index contributed by atoms with van der Waals surface area (Å²) in [5.74, 6) is 0. The molecule has 0 aromatic heterocycles. The molecule has 22 heavy (non-hydrogen) atoms. The maximum absolute atomic E-state index is 11.6. The van der Waals surface area contributed by atoms with Gasteiger partial charge in [0.15, 0.2) is 0 Å². The van der Waals surface area contributed by atoms with E-state index < -0.39 is 7.82 Å². The summed E-state index contributed by atoms with van der Waals surface area (Å²) >= 11 is 0. The molecule has 0 aromatic carbocycles. The SMILES string of the molecule is CCCCCCCCNOP(=O)(O)OCCCCCCCC. The third kappa shape index (κ3) is 16.4. The molecule has 0 aliphatic carbocycles. The van der Waals surface area contributed by atoms with Gasteiger partial charge in [0.2, 0.25) is 0 Å². The van der Waals surface area contributed by atoms with E-state index in [2.05, 4.69) is 19.3 Å². The van der Waals surface area contributed by atoms with Gasteiger partial charge in [0.25, 0.3) is 0 Å². The molecule has 6 heteroatoms. The molecular weight excluding hydrogens is 301 g/mol. The average molecular weight is 337 g/mol. The van der Waals surface area contributed by atoms with E-state index in [1.54, 1.807) is 0 Å². The minimum absolute atomic E-state index is 0.276. The van der Waals surface area contributed by atoms with Crippen molar-refractivity contribution in [1.82, 2.24) is 5.48 Å². The van der Waals surface area contributed by atoms with Gasteiger partial charge in [-0.1, -0.05) is 78.1 Å². The zero-order valence-corrected chi connectivity index (χ0v) is 15.4. The van der Waals surface area contributed by atoms with Crippen LogP contribution in [0.2, 0.25) is 0 Å². The van der Waals surface area contributed by atoms with Gasteiger partial charge in [0, 0.05) is 6.54 Å². The highest BCUT2D eigenvalue weighted by molar-refractivity contribution is 7.47. The predicted molar refractivity (Wildman–Crippen MR) is 91.6 cm³/mol. The van der Waals surface area contributed by atoms with Crippen LogP contribution < -0.4 is 5.48 Å². The monoisotopic (exact) mass is 337 g/mol. The lowest BCUT2D eigenvalue weighted by Crippen LogP contribution is -2.15. The van der Waals surface area contributed by atoms with Crippen molar-refractivity contribution in [2.24, 2.45) is 0 Å². The fraction of sp³-hybridized carbons (Fsp3) is 1.00. The Bertz CT molecular complexity index is 277. The topological polar surface area (TPSA) is 67.8 Å². The summed E-state index contributed by atoms with van der Waals surface area (Å²) in [6.45, 7) is 5.23. The number of hydroxylamine groups is 1. The molecular formula is C16H36NO4P. The van der Waals surface area contributed by atoms with E-state index in [1.165, 1.54) is 44.9 Å². The van der Waals surface area contributed by atoms with E-state index in [-0.39, 0.29) is 6.61 Å². The molecule has 0 saturated carbocycles. The molecule has 0 aromatic rings. The van der Waals surface area contributed by atoms with Crippen LogP contribution in [0.25, 0.3) is 0 Å². The number of phosphoric ester groups is 1. The van der Waals surface area contributed by atoms with Crippen molar-refractivity contribution in [3.63, 3.8) is 0 Å².